The first-order valence-electron chi connectivity index (χ1n) is 9.47. The molecule has 4 nitrogen and oxygen atoms in total. The average molecular weight is 346 g/mol. The van der Waals surface area contributed by atoms with Gasteiger partial charge in [0, 0.05) is 36.4 Å². The molecule has 3 aromatic rings. The number of aromatic nitrogens is 3. The summed E-state index contributed by atoms with van der Waals surface area (Å²) in [4.78, 5) is 15.9. The van der Waals surface area contributed by atoms with Crippen molar-refractivity contribution in [3.63, 3.8) is 0 Å². The minimum Gasteiger partial charge on any atom is -0.296 e. The number of fused-ring (bicyclic) bond motifs is 1. The fourth-order valence-corrected chi connectivity index (χ4v) is 4.20. The van der Waals surface area contributed by atoms with Crippen LogP contribution in [0.25, 0.3) is 11.0 Å². The summed E-state index contributed by atoms with van der Waals surface area (Å²) in [6, 6.07) is 11.4. The van der Waals surface area contributed by atoms with Gasteiger partial charge in [-0.15, -0.1) is 0 Å². The first-order chi connectivity index (χ1) is 12.6. The molecule has 26 heavy (non-hydrogen) atoms. The molecular formula is C22H26N4. The summed E-state index contributed by atoms with van der Waals surface area (Å²) in [6.07, 6.45) is 5.93. The van der Waals surface area contributed by atoms with E-state index in [0.717, 1.165) is 47.8 Å². The molecule has 0 spiro atoms. The maximum atomic E-state index is 4.50. The van der Waals surface area contributed by atoms with Gasteiger partial charge in [-0.2, -0.15) is 0 Å². The Morgan fingerprint density at radius 3 is 2.54 bits per heavy atom. The first kappa shape index (κ1) is 17.1. The third kappa shape index (κ3) is 3.61. The van der Waals surface area contributed by atoms with Crippen molar-refractivity contribution in [3.05, 3.63) is 65.2 Å². The highest BCUT2D eigenvalue weighted by Gasteiger charge is 2.27. The van der Waals surface area contributed by atoms with E-state index in [9.17, 15) is 0 Å². The predicted molar refractivity (Wildman–Crippen MR) is 105 cm³/mol. The standard InChI is InChI=1S/C22H26N4/c1-15-10-19(11-16(2)25-15)12-18-6-9-26(14-18)17(3)20-4-5-21-22(13-20)24-8-7-23-21/h4-5,7-8,10-11,13,17-18H,6,9,12,14H2,1-3H3. The van der Waals surface area contributed by atoms with Crippen molar-refractivity contribution in [1.29, 1.82) is 0 Å². The van der Waals surface area contributed by atoms with Gasteiger partial charge in [-0.05, 0) is 81.5 Å². The Hall–Kier alpha value is -2.33. The van der Waals surface area contributed by atoms with Crippen LogP contribution in [0.4, 0.5) is 0 Å². The van der Waals surface area contributed by atoms with Gasteiger partial charge in [0.15, 0.2) is 0 Å². The Bertz CT molecular complexity index is 901. The number of hydrogen-bond acceptors (Lipinski definition) is 4. The number of rotatable bonds is 4. The van der Waals surface area contributed by atoms with Crippen molar-refractivity contribution in [3.8, 4) is 0 Å². The molecule has 2 atom stereocenters. The van der Waals surface area contributed by atoms with Crippen LogP contribution in [-0.2, 0) is 6.42 Å². The monoisotopic (exact) mass is 346 g/mol. The Kier molecular flexibility index (Phi) is 4.68. The zero-order chi connectivity index (χ0) is 18.1. The summed E-state index contributed by atoms with van der Waals surface area (Å²) < 4.78 is 0. The lowest BCUT2D eigenvalue weighted by Gasteiger charge is -2.25. The zero-order valence-corrected chi connectivity index (χ0v) is 15.8. The van der Waals surface area contributed by atoms with Crippen LogP contribution in [0, 0.1) is 19.8 Å². The van der Waals surface area contributed by atoms with E-state index in [0.29, 0.717) is 6.04 Å². The second-order valence-electron chi connectivity index (χ2n) is 7.59. The molecule has 2 aromatic heterocycles. The van der Waals surface area contributed by atoms with Gasteiger partial charge in [0.2, 0.25) is 0 Å². The second kappa shape index (κ2) is 7.12. The molecule has 4 rings (SSSR count). The molecule has 0 bridgehead atoms. The number of pyridine rings is 1. The van der Waals surface area contributed by atoms with E-state index in [-0.39, 0.29) is 0 Å². The Morgan fingerprint density at radius 1 is 1.04 bits per heavy atom. The third-order valence-corrected chi connectivity index (χ3v) is 5.51. The quantitative estimate of drug-likeness (QED) is 0.707. The molecule has 1 aliphatic rings. The molecule has 0 aliphatic carbocycles. The summed E-state index contributed by atoms with van der Waals surface area (Å²) in [6.45, 7) is 8.79. The van der Waals surface area contributed by atoms with Crippen LogP contribution < -0.4 is 0 Å². The Morgan fingerprint density at radius 2 is 1.77 bits per heavy atom. The fourth-order valence-electron chi connectivity index (χ4n) is 4.20. The highest BCUT2D eigenvalue weighted by molar-refractivity contribution is 5.74. The second-order valence-corrected chi connectivity index (χ2v) is 7.59. The van der Waals surface area contributed by atoms with Crippen LogP contribution in [0.2, 0.25) is 0 Å². The van der Waals surface area contributed by atoms with E-state index in [1.54, 1.807) is 12.4 Å². The first-order valence-corrected chi connectivity index (χ1v) is 9.47. The van der Waals surface area contributed by atoms with Crippen LogP contribution in [0.3, 0.4) is 0 Å². The Balaban J connectivity index is 1.45. The van der Waals surface area contributed by atoms with Gasteiger partial charge in [-0.3, -0.25) is 19.9 Å². The van der Waals surface area contributed by atoms with Crippen molar-refractivity contribution in [2.24, 2.45) is 5.92 Å². The molecule has 1 aromatic carbocycles. The van der Waals surface area contributed by atoms with Gasteiger partial charge in [0.05, 0.1) is 11.0 Å². The molecule has 1 aliphatic heterocycles. The van der Waals surface area contributed by atoms with Gasteiger partial charge in [-0.25, -0.2) is 0 Å². The third-order valence-electron chi connectivity index (χ3n) is 5.51. The van der Waals surface area contributed by atoms with E-state index in [4.69, 9.17) is 0 Å². The summed E-state index contributed by atoms with van der Waals surface area (Å²) in [5, 5.41) is 0. The van der Waals surface area contributed by atoms with Crippen molar-refractivity contribution < 1.29 is 0 Å². The molecular weight excluding hydrogens is 320 g/mol. The van der Waals surface area contributed by atoms with Gasteiger partial charge >= 0.3 is 0 Å². The summed E-state index contributed by atoms with van der Waals surface area (Å²) in [5.41, 5.74) is 6.95. The van der Waals surface area contributed by atoms with Gasteiger partial charge in [0.1, 0.15) is 0 Å². The molecule has 0 N–H and O–H groups in total. The Labute approximate surface area is 155 Å². The van der Waals surface area contributed by atoms with Crippen molar-refractivity contribution in [2.75, 3.05) is 13.1 Å². The number of likely N-dealkylation sites (tertiary alicyclic amines) is 1. The molecule has 3 heterocycles. The summed E-state index contributed by atoms with van der Waals surface area (Å²) in [7, 11) is 0. The van der Waals surface area contributed by atoms with E-state index < -0.39 is 0 Å². The number of hydrogen-bond donors (Lipinski definition) is 0. The lowest BCUT2D eigenvalue weighted by Crippen LogP contribution is -2.25. The number of nitrogens with zero attached hydrogens (tertiary/aromatic N) is 4. The summed E-state index contributed by atoms with van der Waals surface area (Å²) in [5.74, 6) is 0.721. The molecule has 2 unspecified atom stereocenters. The van der Waals surface area contributed by atoms with E-state index in [1.165, 1.54) is 17.5 Å². The predicted octanol–water partition coefficient (Wildman–Crippen LogP) is 4.27. The SMILES string of the molecule is Cc1cc(CC2CCN(C(C)c3ccc4nccnc4c3)C2)cc(C)n1. The lowest BCUT2D eigenvalue weighted by atomic mass is 9.98. The molecule has 1 fully saturated rings. The molecule has 134 valence electrons. The van der Waals surface area contributed by atoms with Gasteiger partial charge in [-0.1, -0.05) is 6.07 Å². The van der Waals surface area contributed by atoms with Crippen molar-refractivity contribution >= 4 is 11.0 Å². The number of aryl methyl sites for hydroxylation is 2. The average Bonchev–Trinajstić information content (AvgIpc) is 3.08. The molecule has 0 amide bonds. The van der Waals surface area contributed by atoms with Crippen LogP contribution >= 0.6 is 0 Å². The van der Waals surface area contributed by atoms with Gasteiger partial charge < -0.3 is 0 Å². The lowest BCUT2D eigenvalue weighted by molar-refractivity contribution is 0.252. The van der Waals surface area contributed by atoms with Gasteiger partial charge in [0.25, 0.3) is 0 Å². The maximum absolute atomic E-state index is 4.50. The zero-order valence-electron chi connectivity index (χ0n) is 15.8. The number of benzene rings is 1. The minimum absolute atomic E-state index is 0.410. The molecule has 0 radical (unpaired) electrons. The molecule has 4 heteroatoms. The maximum Gasteiger partial charge on any atom is 0.0890 e. The van der Waals surface area contributed by atoms with Crippen molar-refractivity contribution in [2.45, 2.75) is 39.7 Å². The highest BCUT2D eigenvalue weighted by atomic mass is 15.2. The van der Waals surface area contributed by atoms with Crippen LogP contribution in [-0.4, -0.2) is 32.9 Å². The van der Waals surface area contributed by atoms with E-state index in [1.807, 2.05) is 0 Å². The minimum atomic E-state index is 0.410. The topological polar surface area (TPSA) is 41.9 Å². The van der Waals surface area contributed by atoms with Crippen LogP contribution in [0.15, 0.2) is 42.7 Å². The van der Waals surface area contributed by atoms with E-state index in [2.05, 4.69) is 71.0 Å². The molecule has 0 saturated carbocycles. The normalized spacial score (nSPS) is 19.1. The smallest absolute Gasteiger partial charge is 0.0890 e. The van der Waals surface area contributed by atoms with Crippen molar-refractivity contribution in [1.82, 2.24) is 19.9 Å². The van der Waals surface area contributed by atoms with Crippen LogP contribution in [0.5, 0.6) is 0 Å². The largest absolute Gasteiger partial charge is 0.296 e. The summed E-state index contributed by atoms with van der Waals surface area (Å²) >= 11 is 0. The molecule has 1 saturated heterocycles. The fraction of sp³-hybridized carbons (Fsp3) is 0.409. The highest BCUT2D eigenvalue weighted by Crippen LogP contribution is 2.30. The van der Waals surface area contributed by atoms with Crippen LogP contribution in [0.1, 0.15) is 41.9 Å². The van der Waals surface area contributed by atoms with E-state index >= 15 is 0 Å².